The molecule has 32 heavy (non-hydrogen) atoms. The van der Waals surface area contributed by atoms with Crippen LogP contribution in [0.3, 0.4) is 0 Å². The highest BCUT2D eigenvalue weighted by molar-refractivity contribution is 5.70. The van der Waals surface area contributed by atoms with Crippen LogP contribution in [0.2, 0.25) is 0 Å². The lowest BCUT2D eigenvalue weighted by molar-refractivity contribution is 0.227. The molecular weight excluding hydrogens is 414 g/mol. The quantitative estimate of drug-likeness (QED) is 0.480. The van der Waals surface area contributed by atoms with Gasteiger partial charge in [0.2, 0.25) is 0 Å². The highest BCUT2D eigenvalue weighted by Crippen LogP contribution is 2.37. The molecule has 4 aromatic rings. The summed E-state index contributed by atoms with van der Waals surface area (Å²) in [5.74, 6) is -0.306. The topological polar surface area (TPSA) is 91.7 Å². The summed E-state index contributed by atoms with van der Waals surface area (Å²) in [6, 6.07) is 7.55. The van der Waals surface area contributed by atoms with Crippen molar-refractivity contribution in [1.82, 2.24) is 25.0 Å². The summed E-state index contributed by atoms with van der Waals surface area (Å²) in [6.45, 7) is 3.99. The molecule has 2 N–H and O–H groups in total. The molecule has 0 aliphatic carbocycles. The Morgan fingerprint density at radius 1 is 1.12 bits per heavy atom. The lowest BCUT2D eigenvalue weighted by Crippen LogP contribution is -2.12. The van der Waals surface area contributed by atoms with Gasteiger partial charge in [-0.25, -0.2) is 18.4 Å². The minimum absolute atomic E-state index is 0.216. The molecule has 5 rings (SSSR count). The van der Waals surface area contributed by atoms with Gasteiger partial charge in [-0.05, 0) is 43.7 Å². The number of benzene rings is 1. The van der Waals surface area contributed by atoms with Crippen LogP contribution in [-0.4, -0.2) is 25.0 Å². The van der Waals surface area contributed by atoms with E-state index < -0.39 is 17.7 Å². The van der Waals surface area contributed by atoms with Gasteiger partial charge in [0.25, 0.3) is 0 Å². The van der Waals surface area contributed by atoms with Crippen molar-refractivity contribution in [3.8, 4) is 28.3 Å². The molecule has 9 heteroatoms. The van der Waals surface area contributed by atoms with Crippen molar-refractivity contribution >= 4 is 5.82 Å². The molecule has 0 fully saturated rings. The number of nitrogens with two attached hydrogens (primary N) is 1. The van der Waals surface area contributed by atoms with Crippen molar-refractivity contribution in [2.45, 2.75) is 32.9 Å². The van der Waals surface area contributed by atoms with Gasteiger partial charge in [0.1, 0.15) is 17.7 Å². The molecule has 0 saturated carbocycles. The number of pyridine rings is 2. The monoisotopic (exact) mass is 434 g/mol. The van der Waals surface area contributed by atoms with Crippen molar-refractivity contribution in [2.24, 2.45) is 0 Å². The van der Waals surface area contributed by atoms with Crippen LogP contribution in [0.4, 0.5) is 14.6 Å². The Bertz CT molecular complexity index is 1340. The number of anilines is 1. The van der Waals surface area contributed by atoms with E-state index in [1.807, 2.05) is 6.92 Å². The SMILES string of the molecule is CCc1nnn2c1-c1cnc(N)c(c1)O[C@H](C)c1cc(F)ccc1-c1ncc(F)cc1C2. The Balaban J connectivity index is 1.83. The van der Waals surface area contributed by atoms with E-state index in [2.05, 4.69) is 20.3 Å². The van der Waals surface area contributed by atoms with Crippen LogP contribution in [0.15, 0.2) is 42.7 Å². The molecular formula is C23H20F2N6O. The minimum atomic E-state index is -0.576. The largest absolute Gasteiger partial charge is 0.482 e. The first-order valence-corrected chi connectivity index (χ1v) is 10.2. The lowest BCUT2D eigenvalue weighted by atomic mass is 9.96. The lowest BCUT2D eigenvalue weighted by Gasteiger charge is -2.22. The molecule has 4 heterocycles. The smallest absolute Gasteiger partial charge is 0.166 e. The summed E-state index contributed by atoms with van der Waals surface area (Å²) in [5.41, 5.74) is 10.6. The van der Waals surface area contributed by atoms with Gasteiger partial charge in [-0.3, -0.25) is 4.98 Å². The van der Waals surface area contributed by atoms with Gasteiger partial charge in [-0.15, -0.1) is 5.10 Å². The van der Waals surface area contributed by atoms with Gasteiger partial charge in [0.15, 0.2) is 11.6 Å². The van der Waals surface area contributed by atoms with Gasteiger partial charge in [0.05, 0.1) is 29.8 Å². The minimum Gasteiger partial charge on any atom is -0.482 e. The van der Waals surface area contributed by atoms with Crippen LogP contribution in [0.25, 0.3) is 22.5 Å². The maximum atomic E-state index is 14.2. The number of hydrogen-bond acceptors (Lipinski definition) is 6. The average Bonchev–Trinajstić information content (AvgIpc) is 3.17. The molecule has 0 saturated heterocycles. The molecule has 0 unspecified atom stereocenters. The summed E-state index contributed by atoms with van der Waals surface area (Å²) in [7, 11) is 0. The average molecular weight is 434 g/mol. The van der Waals surface area contributed by atoms with E-state index in [9.17, 15) is 8.78 Å². The first kappa shape index (κ1) is 20.0. The van der Waals surface area contributed by atoms with Gasteiger partial charge < -0.3 is 10.5 Å². The van der Waals surface area contributed by atoms with E-state index >= 15 is 0 Å². The van der Waals surface area contributed by atoms with Crippen molar-refractivity contribution in [1.29, 1.82) is 0 Å². The van der Waals surface area contributed by atoms with Crippen LogP contribution in [0.5, 0.6) is 5.75 Å². The second kappa shape index (κ2) is 7.67. The van der Waals surface area contributed by atoms with Gasteiger partial charge >= 0.3 is 0 Å². The Kier molecular flexibility index (Phi) is 4.80. The Morgan fingerprint density at radius 3 is 2.78 bits per heavy atom. The van der Waals surface area contributed by atoms with Crippen LogP contribution in [-0.2, 0) is 13.0 Å². The Hall–Kier alpha value is -3.88. The standard InChI is InChI=1S/C23H20F2N6O/c1-3-19-22-13-7-20(23(26)28-9-13)32-12(2)18-8-15(24)4-5-17(18)21-14(6-16(25)10-27-21)11-31(22)30-29-19/h4-10,12H,3,11H2,1-2H3,(H2,26,28)/t12-/m1/s1. The number of fused-ring (bicyclic) bond motifs is 7. The highest BCUT2D eigenvalue weighted by Gasteiger charge is 2.23. The third-order valence-electron chi connectivity index (χ3n) is 5.56. The maximum Gasteiger partial charge on any atom is 0.166 e. The molecule has 1 atom stereocenters. The van der Waals surface area contributed by atoms with Gasteiger partial charge in [-0.1, -0.05) is 12.1 Å². The summed E-state index contributed by atoms with van der Waals surface area (Å²) in [4.78, 5) is 8.63. The molecule has 0 spiro atoms. The second-order valence-electron chi connectivity index (χ2n) is 7.66. The van der Waals surface area contributed by atoms with Crippen LogP contribution in [0.1, 0.15) is 36.8 Å². The summed E-state index contributed by atoms with van der Waals surface area (Å²) in [5, 5.41) is 8.60. The van der Waals surface area contributed by atoms with Crippen molar-refractivity contribution < 1.29 is 13.5 Å². The first-order valence-electron chi connectivity index (χ1n) is 10.2. The number of nitrogen functional groups attached to an aromatic ring is 1. The second-order valence-corrected chi connectivity index (χ2v) is 7.66. The molecule has 162 valence electrons. The molecule has 1 aliphatic rings. The number of ether oxygens (including phenoxy) is 1. The number of halogens is 2. The Morgan fingerprint density at radius 2 is 1.97 bits per heavy atom. The van der Waals surface area contributed by atoms with E-state index in [1.165, 1.54) is 18.2 Å². The molecule has 1 aromatic carbocycles. The molecule has 0 amide bonds. The molecule has 2 bridgehead atoms. The molecule has 3 aromatic heterocycles. The number of aryl methyl sites for hydroxylation is 1. The fourth-order valence-electron chi connectivity index (χ4n) is 4.04. The van der Waals surface area contributed by atoms with Crippen LogP contribution >= 0.6 is 0 Å². The van der Waals surface area contributed by atoms with E-state index in [4.69, 9.17) is 10.5 Å². The van der Waals surface area contributed by atoms with Gasteiger partial charge in [0, 0.05) is 28.5 Å². The summed E-state index contributed by atoms with van der Waals surface area (Å²) in [6.07, 6.45) is 2.84. The fraction of sp³-hybridized carbons (Fsp3) is 0.217. The normalized spacial score (nSPS) is 14.9. The first-order chi connectivity index (χ1) is 15.4. The Labute approximate surface area is 182 Å². The zero-order valence-electron chi connectivity index (χ0n) is 17.5. The summed E-state index contributed by atoms with van der Waals surface area (Å²) < 4.78 is 36.2. The van der Waals surface area contributed by atoms with E-state index in [0.717, 1.165) is 17.6 Å². The van der Waals surface area contributed by atoms with Crippen LogP contribution in [0, 0.1) is 11.6 Å². The highest BCUT2D eigenvalue weighted by atomic mass is 19.1. The van der Waals surface area contributed by atoms with Gasteiger partial charge in [-0.2, -0.15) is 0 Å². The predicted octanol–water partition coefficient (Wildman–Crippen LogP) is 4.33. The van der Waals surface area contributed by atoms with E-state index in [1.54, 1.807) is 29.9 Å². The van der Waals surface area contributed by atoms with E-state index in [0.29, 0.717) is 40.1 Å². The molecule has 7 nitrogen and oxygen atoms in total. The molecule has 0 radical (unpaired) electrons. The number of rotatable bonds is 1. The number of aromatic nitrogens is 5. The third-order valence-corrected chi connectivity index (χ3v) is 5.56. The number of nitrogens with zero attached hydrogens (tertiary/aromatic N) is 5. The third kappa shape index (κ3) is 3.35. The summed E-state index contributed by atoms with van der Waals surface area (Å²) >= 11 is 0. The zero-order valence-corrected chi connectivity index (χ0v) is 17.5. The maximum absolute atomic E-state index is 14.2. The fourth-order valence-corrected chi connectivity index (χ4v) is 4.04. The van der Waals surface area contributed by atoms with Crippen molar-refractivity contribution in [3.05, 3.63) is 71.2 Å². The number of hydrogen-bond donors (Lipinski definition) is 1. The molecule has 1 aliphatic heterocycles. The predicted molar refractivity (Wildman–Crippen MR) is 115 cm³/mol. The zero-order chi connectivity index (χ0) is 22.4. The van der Waals surface area contributed by atoms with Crippen LogP contribution < -0.4 is 10.5 Å². The van der Waals surface area contributed by atoms with Crippen molar-refractivity contribution in [3.63, 3.8) is 0 Å². The van der Waals surface area contributed by atoms with Crippen molar-refractivity contribution in [2.75, 3.05) is 5.73 Å². The van der Waals surface area contributed by atoms with E-state index in [-0.39, 0.29) is 12.4 Å².